The van der Waals surface area contributed by atoms with E-state index in [1.165, 1.54) is 12.1 Å². The second-order valence-corrected chi connectivity index (χ2v) is 3.72. The molecule has 2 N–H and O–H groups in total. The number of rotatable bonds is 4. The molecule has 0 radical (unpaired) electrons. The molecule has 0 amide bonds. The summed E-state index contributed by atoms with van der Waals surface area (Å²) in [7, 11) is 0. The normalized spacial score (nSPS) is 13.3. The van der Waals surface area contributed by atoms with Gasteiger partial charge in [0, 0.05) is 6.04 Å². The Morgan fingerprint density at radius 2 is 1.67 bits per heavy atom. The molecule has 2 nitrogen and oxygen atoms in total. The number of halogens is 2. The maximum Gasteiger partial charge on any atom is 0.387 e. The highest BCUT2D eigenvalue weighted by atomic mass is 19.3. The van der Waals surface area contributed by atoms with Gasteiger partial charge in [0.1, 0.15) is 5.75 Å². The monoisotopic (exact) mass is 215 g/mol. The zero-order valence-corrected chi connectivity index (χ0v) is 8.78. The zero-order chi connectivity index (χ0) is 11.4. The number of hydrogen-bond acceptors (Lipinski definition) is 2. The molecule has 4 heteroatoms. The first-order valence-corrected chi connectivity index (χ1v) is 4.81. The molecule has 0 spiro atoms. The standard InChI is InChI=1S/C11H15F2NO/c1-7(2)10(14)8-3-5-9(6-4-8)15-11(12)13/h3-7,10-11H,14H2,1-2H3/t10-/m0/s1. The van der Waals surface area contributed by atoms with Crippen LogP contribution in [0.5, 0.6) is 5.75 Å². The van der Waals surface area contributed by atoms with Gasteiger partial charge in [-0.25, -0.2) is 0 Å². The molecular formula is C11H15F2NO. The Labute approximate surface area is 88.0 Å². The first-order valence-electron chi connectivity index (χ1n) is 4.81. The van der Waals surface area contributed by atoms with E-state index in [4.69, 9.17) is 5.73 Å². The summed E-state index contributed by atoms with van der Waals surface area (Å²) in [4.78, 5) is 0. The molecule has 0 aromatic heterocycles. The fraction of sp³-hybridized carbons (Fsp3) is 0.455. The molecule has 0 saturated heterocycles. The van der Waals surface area contributed by atoms with E-state index in [1.54, 1.807) is 12.1 Å². The van der Waals surface area contributed by atoms with E-state index in [-0.39, 0.29) is 11.8 Å². The van der Waals surface area contributed by atoms with Gasteiger partial charge in [0.05, 0.1) is 0 Å². The van der Waals surface area contributed by atoms with Crippen molar-refractivity contribution in [1.82, 2.24) is 0 Å². The van der Waals surface area contributed by atoms with Gasteiger partial charge in [0.15, 0.2) is 0 Å². The third kappa shape index (κ3) is 3.47. The van der Waals surface area contributed by atoms with E-state index in [0.717, 1.165) is 5.56 Å². The largest absolute Gasteiger partial charge is 0.435 e. The Morgan fingerprint density at radius 3 is 2.07 bits per heavy atom. The fourth-order valence-electron chi connectivity index (χ4n) is 1.26. The summed E-state index contributed by atoms with van der Waals surface area (Å²) in [5.41, 5.74) is 6.82. The van der Waals surface area contributed by atoms with Crippen molar-refractivity contribution >= 4 is 0 Å². The predicted molar refractivity (Wildman–Crippen MR) is 54.8 cm³/mol. The van der Waals surface area contributed by atoms with Crippen molar-refractivity contribution < 1.29 is 13.5 Å². The Morgan fingerprint density at radius 1 is 1.13 bits per heavy atom. The predicted octanol–water partition coefficient (Wildman–Crippen LogP) is 2.94. The summed E-state index contributed by atoms with van der Waals surface area (Å²) >= 11 is 0. The summed E-state index contributed by atoms with van der Waals surface area (Å²) in [6, 6.07) is 6.35. The summed E-state index contributed by atoms with van der Waals surface area (Å²) in [6.07, 6.45) is 0. The summed E-state index contributed by atoms with van der Waals surface area (Å²) in [5, 5.41) is 0. The van der Waals surface area contributed by atoms with Gasteiger partial charge in [-0.3, -0.25) is 0 Å². The van der Waals surface area contributed by atoms with Crippen LogP contribution < -0.4 is 10.5 Å². The molecule has 1 atom stereocenters. The zero-order valence-electron chi connectivity index (χ0n) is 8.78. The van der Waals surface area contributed by atoms with E-state index >= 15 is 0 Å². The van der Waals surface area contributed by atoms with Crippen molar-refractivity contribution in [1.29, 1.82) is 0 Å². The van der Waals surface area contributed by atoms with Crippen molar-refractivity contribution in [3.8, 4) is 5.75 Å². The topological polar surface area (TPSA) is 35.2 Å². The summed E-state index contributed by atoms with van der Waals surface area (Å²) < 4.78 is 28.0. The molecule has 0 aliphatic carbocycles. The van der Waals surface area contributed by atoms with Crippen molar-refractivity contribution in [3.05, 3.63) is 29.8 Å². The minimum Gasteiger partial charge on any atom is -0.435 e. The molecule has 0 fully saturated rings. The lowest BCUT2D eigenvalue weighted by Crippen LogP contribution is -2.16. The van der Waals surface area contributed by atoms with Crippen molar-refractivity contribution in [2.75, 3.05) is 0 Å². The molecule has 84 valence electrons. The Balaban J connectivity index is 2.72. The third-order valence-corrected chi connectivity index (χ3v) is 2.21. The Bertz CT molecular complexity index is 298. The van der Waals surface area contributed by atoms with Gasteiger partial charge in [-0.2, -0.15) is 8.78 Å². The van der Waals surface area contributed by atoms with Gasteiger partial charge in [-0.1, -0.05) is 26.0 Å². The molecule has 0 bridgehead atoms. The SMILES string of the molecule is CC(C)[C@H](N)c1ccc(OC(F)F)cc1. The first kappa shape index (κ1) is 11.9. The molecular weight excluding hydrogens is 200 g/mol. The molecule has 0 unspecified atom stereocenters. The second-order valence-electron chi connectivity index (χ2n) is 3.72. The van der Waals surface area contributed by atoms with Crippen molar-refractivity contribution in [2.24, 2.45) is 11.7 Å². The van der Waals surface area contributed by atoms with Gasteiger partial charge in [0.2, 0.25) is 0 Å². The van der Waals surface area contributed by atoms with Crippen LogP contribution in [0.3, 0.4) is 0 Å². The van der Waals surface area contributed by atoms with Crippen LogP contribution in [-0.2, 0) is 0 Å². The Hall–Kier alpha value is -1.16. The third-order valence-electron chi connectivity index (χ3n) is 2.21. The molecule has 1 aromatic rings. The van der Waals surface area contributed by atoms with Crippen LogP contribution in [0.2, 0.25) is 0 Å². The average Bonchev–Trinajstić information content (AvgIpc) is 2.17. The maximum absolute atomic E-state index is 11.9. The van der Waals surface area contributed by atoms with E-state index in [0.29, 0.717) is 5.92 Å². The number of nitrogens with two attached hydrogens (primary N) is 1. The minimum absolute atomic E-state index is 0.0781. The van der Waals surface area contributed by atoms with Gasteiger partial charge in [-0.05, 0) is 23.6 Å². The molecule has 0 aliphatic rings. The molecule has 0 heterocycles. The van der Waals surface area contributed by atoms with E-state index in [2.05, 4.69) is 4.74 Å². The smallest absolute Gasteiger partial charge is 0.387 e. The second kappa shape index (κ2) is 5.07. The van der Waals surface area contributed by atoms with Crippen molar-refractivity contribution in [3.63, 3.8) is 0 Å². The van der Waals surface area contributed by atoms with Crippen LogP contribution in [0.4, 0.5) is 8.78 Å². The number of ether oxygens (including phenoxy) is 1. The van der Waals surface area contributed by atoms with Crippen LogP contribution in [0.25, 0.3) is 0 Å². The van der Waals surface area contributed by atoms with Gasteiger partial charge >= 0.3 is 6.61 Å². The average molecular weight is 215 g/mol. The lowest BCUT2D eigenvalue weighted by molar-refractivity contribution is -0.0498. The van der Waals surface area contributed by atoms with Crippen LogP contribution in [0.1, 0.15) is 25.5 Å². The highest BCUT2D eigenvalue weighted by Crippen LogP contribution is 2.22. The fourth-order valence-corrected chi connectivity index (χ4v) is 1.26. The van der Waals surface area contributed by atoms with Crippen molar-refractivity contribution in [2.45, 2.75) is 26.5 Å². The quantitative estimate of drug-likeness (QED) is 0.838. The number of alkyl halides is 2. The lowest BCUT2D eigenvalue weighted by Gasteiger charge is -2.16. The van der Waals surface area contributed by atoms with Gasteiger partial charge in [0.25, 0.3) is 0 Å². The Kier molecular flexibility index (Phi) is 4.03. The molecule has 15 heavy (non-hydrogen) atoms. The molecule has 0 aliphatic heterocycles. The highest BCUT2D eigenvalue weighted by Gasteiger charge is 2.10. The lowest BCUT2D eigenvalue weighted by atomic mass is 9.97. The number of hydrogen-bond donors (Lipinski definition) is 1. The van der Waals surface area contributed by atoms with E-state index < -0.39 is 6.61 Å². The van der Waals surface area contributed by atoms with Crippen LogP contribution in [0, 0.1) is 5.92 Å². The molecule has 1 rings (SSSR count). The minimum atomic E-state index is -2.78. The molecule has 1 aromatic carbocycles. The van der Waals surface area contributed by atoms with Crippen LogP contribution in [0.15, 0.2) is 24.3 Å². The van der Waals surface area contributed by atoms with Gasteiger partial charge < -0.3 is 10.5 Å². The van der Waals surface area contributed by atoms with Gasteiger partial charge in [-0.15, -0.1) is 0 Å². The maximum atomic E-state index is 11.9. The first-order chi connectivity index (χ1) is 7.00. The number of benzene rings is 1. The summed E-state index contributed by atoms with van der Waals surface area (Å²) in [5.74, 6) is 0.469. The summed E-state index contributed by atoms with van der Waals surface area (Å²) in [6.45, 7) is 1.23. The van der Waals surface area contributed by atoms with E-state index in [1.807, 2.05) is 13.8 Å². The van der Waals surface area contributed by atoms with Crippen LogP contribution >= 0.6 is 0 Å². The van der Waals surface area contributed by atoms with E-state index in [9.17, 15) is 8.78 Å². The molecule has 0 saturated carbocycles. The van der Waals surface area contributed by atoms with Crippen LogP contribution in [-0.4, -0.2) is 6.61 Å². The highest BCUT2D eigenvalue weighted by molar-refractivity contribution is 5.29.